The van der Waals surface area contributed by atoms with Crippen LogP contribution >= 0.6 is 34.0 Å². The predicted octanol–water partition coefficient (Wildman–Crippen LogP) is 5.98. The first-order valence-corrected chi connectivity index (χ1v) is 9.37. The lowest BCUT2D eigenvalue weighted by molar-refractivity contribution is 0.111. The molecule has 0 unspecified atom stereocenters. The summed E-state index contributed by atoms with van der Waals surface area (Å²) in [5.41, 5.74) is 0. The van der Waals surface area contributed by atoms with Crippen LogP contribution in [0.2, 0.25) is 0 Å². The zero-order valence-electron chi connectivity index (χ0n) is 11.8. The van der Waals surface area contributed by atoms with Gasteiger partial charge in [0.15, 0.2) is 12.6 Å². The van der Waals surface area contributed by atoms with E-state index in [1.165, 1.54) is 43.2 Å². The Morgan fingerprint density at radius 2 is 1.09 bits per heavy atom. The van der Waals surface area contributed by atoms with E-state index < -0.39 is 0 Å². The van der Waals surface area contributed by atoms with Gasteiger partial charge in [-0.3, -0.25) is 9.59 Å². The Labute approximate surface area is 144 Å². The van der Waals surface area contributed by atoms with Crippen molar-refractivity contribution in [1.29, 1.82) is 0 Å². The smallest absolute Gasteiger partial charge is 0.160 e. The number of aldehydes is 2. The van der Waals surface area contributed by atoms with Crippen molar-refractivity contribution in [2.24, 2.45) is 0 Å². The number of benzene rings is 1. The van der Waals surface area contributed by atoms with Crippen molar-refractivity contribution in [3.8, 4) is 19.5 Å². The fourth-order valence-corrected chi connectivity index (χ4v) is 5.70. The molecule has 112 valence electrons. The highest BCUT2D eigenvalue weighted by Crippen LogP contribution is 2.47. The highest BCUT2D eigenvalue weighted by Gasteiger charge is 2.16. The van der Waals surface area contributed by atoms with Gasteiger partial charge in [0.2, 0.25) is 0 Å². The largest absolute Gasteiger partial charge is 0.297 e. The summed E-state index contributed by atoms with van der Waals surface area (Å²) in [7, 11) is 0. The quantitative estimate of drug-likeness (QED) is 0.422. The summed E-state index contributed by atoms with van der Waals surface area (Å²) in [6, 6.07) is 16.0. The Kier molecular flexibility index (Phi) is 3.69. The molecule has 0 saturated carbocycles. The van der Waals surface area contributed by atoms with Crippen molar-refractivity contribution >= 4 is 57.4 Å². The van der Waals surface area contributed by atoms with Gasteiger partial charge >= 0.3 is 0 Å². The molecule has 0 atom stereocenters. The molecule has 0 bridgehead atoms. The summed E-state index contributed by atoms with van der Waals surface area (Å²) in [5, 5.41) is 2.38. The van der Waals surface area contributed by atoms with Crippen LogP contribution in [0, 0.1) is 0 Å². The molecule has 3 aromatic heterocycles. The zero-order chi connectivity index (χ0) is 15.8. The molecule has 1 aromatic carbocycles. The number of carbonyl (C=O) groups is 2. The van der Waals surface area contributed by atoms with Crippen LogP contribution in [0.15, 0.2) is 48.5 Å². The number of hydrogen-bond acceptors (Lipinski definition) is 5. The molecule has 3 heterocycles. The van der Waals surface area contributed by atoms with Gasteiger partial charge in [-0.1, -0.05) is 24.3 Å². The zero-order valence-corrected chi connectivity index (χ0v) is 14.3. The minimum absolute atomic E-state index is 0.735. The van der Waals surface area contributed by atoms with Crippen LogP contribution in [0.5, 0.6) is 0 Å². The number of fused-ring (bicyclic) bond motifs is 1. The molecule has 4 aromatic rings. The van der Waals surface area contributed by atoms with E-state index >= 15 is 0 Å². The Balaban J connectivity index is 1.95. The SMILES string of the molecule is O=Cc1ccc(-c2sc(-c3ccc(C=O)s3)c3ccccc23)s1. The number of carbonyl (C=O) groups excluding carboxylic acids is 2. The van der Waals surface area contributed by atoms with Gasteiger partial charge in [0.25, 0.3) is 0 Å². The normalized spacial score (nSPS) is 11.0. The van der Waals surface area contributed by atoms with Crippen molar-refractivity contribution in [2.75, 3.05) is 0 Å². The predicted molar refractivity (Wildman–Crippen MR) is 99.2 cm³/mol. The van der Waals surface area contributed by atoms with Crippen LogP contribution in [-0.4, -0.2) is 12.6 Å². The third kappa shape index (κ3) is 2.47. The second kappa shape index (κ2) is 5.85. The number of hydrogen-bond donors (Lipinski definition) is 0. The molecular formula is C18H10O2S3. The second-order valence-electron chi connectivity index (χ2n) is 4.95. The van der Waals surface area contributed by atoms with Gasteiger partial charge in [0, 0.05) is 20.5 Å². The van der Waals surface area contributed by atoms with Crippen LogP contribution in [0.1, 0.15) is 19.3 Å². The highest BCUT2D eigenvalue weighted by molar-refractivity contribution is 7.28. The summed E-state index contributed by atoms with van der Waals surface area (Å²) in [4.78, 5) is 27.9. The van der Waals surface area contributed by atoms with Crippen LogP contribution in [-0.2, 0) is 0 Å². The van der Waals surface area contributed by atoms with E-state index in [1.54, 1.807) is 11.3 Å². The molecule has 0 aliphatic carbocycles. The molecule has 23 heavy (non-hydrogen) atoms. The molecule has 0 aliphatic heterocycles. The summed E-state index contributed by atoms with van der Waals surface area (Å²) >= 11 is 4.73. The van der Waals surface area contributed by atoms with E-state index in [0.29, 0.717) is 0 Å². The maximum absolute atomic E-state index is 11.0. The van der Waals surface area contributed by atoms with Crippen LogP contribution < -0.4 is 0 Å². The molecule has 5 heteroatoms. The van der Waals surface area contributed by atoms with E-state index in [2.05, 4.69) is 12.1 Å². The standard InChI is InChI=1S/C18H10O2S3/c19-9-11-5-7-15(21-11)17-13-3-1-2-4-14(13)18(23-17)16-8-6-12(10-20)22-16/h1-10H. The summed E-state index contributed by atoms with van der Waals surface area (Å²) in [5.74, 6) is 0. The van der Waals surface area contributed by atoms with Crippen molar-refractivity contribution in [3.05, 3.63) is 58.3 Å². The Hall–Kier alpha value is -2.08. The molecule has 0 amide bonds. The van der Waals surface area contributed by atoms with E-state index in [-0.39, 0.29) is 0 Å². The molecule has 2 nitrogen and oxygen atoms in total. The first kappa shape index (κ1) is 14.5. The molecular weight excluding hydrogens is 344 g/mol. The average molecular weight is 354 g/mol. The first-order valence-electron chi connectivity index (χ1n) is 6.92. The lowest BCUT2D eigenvalue weighted by Gasteiger charge is -1.94. The van der Waals surface area contributed by atoms with Gasteiger partial charge in [-0.25, -0.2) is 0 Å². The minimum Gasteiger partial charge on any atom is -0.297 e. The van der Waals surface area contributed by atoms with Crippen molar-refractivity contribution < 1.29 is 9.59 Å². The number of thiophene rings is 3. The second-order valence-corrected chi connectivity index (χ2v) is 8.20. The lowest BCUT2D eigenvalue weighted by Crippen LogP contribution is -1.68. The molecule has 0 fully saturated rings. The van der Waals surface area contributed by atoms with Gasteiger partial charge in [-0.05, 0) is 24.3 Å². The highest BCUT2D eigenvalue weighted by atomic mass is 32.1. The molecule has 0 radical (unpaired) electrons. The van der Waals surface area contributed by atoms with Gasteiger partial charge in [-0.2, -0.15) is 0 Å². The summed E-state index contributed by atoms with van der Waals surface area (Å²) < 4.78 is 0. The van der Waals surface area contributed by atoms with Gasteiger partial charge < -0.3 is 0 Å². The van der Waals surface area contributed by atoms with E-state index in [1.807, 2.05) is 36.4 Å². The third-order valence-electron chi connectivity index (χ3n) is 3.55. The fraction of sp³-hybridized carbons (Fsp3) is 0. The van der Waals surface area contributed by atoms with Crippen LogP contribution in [0.3, 0.4) is 0 Å². The third-order valence-corrected chi connectivity index (χ3v) is 7.16. The molecule has 0 saturated heterocycles. The van der Waals surface area contributed by atoms with Gasteiger partial charge in [0.1, 0.15) is 0 Å². The fourth-order valence-electron chi connectivity index (χ4n) is 2.53. The van der Waals surface area contributed by atoms with E-state index in [4.69, 9.17) is 0 Å². The topological polar surface area (TPSA) is 34.1 Å². The minimum atomic E-state index is 0.735. The Morgan fingerprint density at radius 1 is 0.609 bits per heavy atom. The van der Waals surface area contributed by atoms with Crippen molar-refractivity contribution in [3.63, 3.8) is 0 Å². The number of rotatable bonds is 4. The maximum Gasteiger partial charge on any atom is 0.160 e. The Morgan fingerprint density at radius 3 is 1.48 bits per heavy atom. The molecule has 0 N–H and O–H groups in total. The van der Waals surface area contributed by atoms with Gasteiger partial charge in [-0.15, -0.1) is 34.0 Å². The molecule has 0 spiro atoms. The molecule has 4 rings (SSSR count). The summed E-state index contributed by atoms with van der Waals surface area (Å²) in [6.07, 6.45) is 1.78. The van der Waals surface area contributed by atoms with E-state index in [0.717, 1.165) is 32.1 Å². The van der Waals surface area contributed by atoms with E-state index in [9.17, 15) is 9.59 Å². The Bertz CT molecular complexity index is 940. The lowest BCUT2D eigenvalue weighted by atomic mass is 10.1. The van der Waals surface area contributed by atoms with Crippen molar-refractivity contribution in [1.82, 2.24) is 0 Å². The van der Waals surface area contributed by atoms with Crippen LogP contribution in [0.25, 0.3) is 30.3 Å². The summed E-state index contributed by atoms with van der Waals surface area (Å²) in [6.45, 7) is 0. The van der Waals surface area contributed by atoms with Gasteiger partial charge in [0.05, 0.1) is 19.5 Å². The monoisotopic (exact) mass is 354 g/mol. The average Bonchev–Trinajstić information content (AvgIpc) is 3.31. The maximum atomic E-state index is 11.0. The molecule has 0 aliphatic rings. The first-order chi connectivity index (χ1) is 11.3. The van der Waals surface area contributed by atoms with Crippen molar-refractivity contribution in [2.45, 2.75) is 0 Å². The van der Waals surface area contributed by atoms with Crippen LogP contribution in [0.4, 0.5) is 0 Å².